The van der Waals surface area contributed by atoms with Gasteiger partial charge < -0.3 is 10.4 Å². The number of ketones is 1. The van der Waals surface area contributed by atoms with E-state index in [1.54, 1.807) is 12.1 Å². The highest BCUT2D eigenvalue weighted by atomic mass is 16.3. The van der Waals surface area contributed by atoms with Crippen molar-refractivity contribution in [3.8, 4) is 11.3 Å². The van der Waals surface area contributed by atoms with Crippen molar-refractivity contribution in [3.05, 3.63) is 114 Å². The van der Waals surface area contributed by atoms with Crippen molar-refractivity contribution in [2.24, 2.45) is 0 Å². The Morgan fingerprint density at radius 1 is 0.833 bits per heavy atom. The van der Waals surface area contributed by atoms with Gasteiger partial charge in [0.15, 0.2) is 5.78 Å². The van der Waals surface area contributed by atoms with Gasteiger partial charge in [-0.2, -0.15) is 0 Å². The second-order valence-electron chi connectivity index (χ2n) is 6.87. The topological polar surface area (TPSA) is 75.1 Å². The van der Waals surface area contributed by atoms with Gasteiger partial charge in [-0.15, -0.1) is 0 Å². The van der Waals surface area contributed by atoms with E-state index in [9.17, 15) is 9.90 Å². The number of rotatable bonds is 7. The summed E-state index contributed by atoms with van der Waals surface area (Å²) in [5.74, 6) is 0.613. The average molecular weight is 395 g/mol. The quantitative estimate of drug-likeness (QED) is 0.450. The molecule has 1 aromatic heterocycles. The molecule has 0 aliphatic heterocycles. The molecule has 3 aromatic carbocycles. The summed E-state index contributed by atoms with van der Waals surface area (Å²) in [6.45, 7) is 0.338. The number of nitrogens with one attached hydrogen (secondary N) is 1. The SMILES string of the molecule is O=C(c1ccccc1)c1ccc(-c2cc(NC[C@@H](O)c3ccccc3)ncn2)cc1. The molecule has 0 fully saturated rings. The molecule has 0 saturated carbocycles. The summed E-state index contributed by atoms with van der Waals surface area (Å²) in [6, 6.07) is 27.9. The van der Waals surface area contributed by atoms with Crippen molar-refractivity contribution in [1.29, 1.82) is 0 Å². The van der Waals surface area contributed by atoms with Crippen molar-refractivity contribution in [2.75, 3.05) is 11.9 Å². The number of nitrogens with zero attached hydrogens (tertiary/aromatic N) is 2. The number of aliphatic hydroxyl groups excluding tert-OH is 1. The standard InChI is InChI=1S/C25H21N3O2/c29-23(19-7-3-1-4-8-19)16-26-24-15-22(27-17-28-24)18-11-13-21(14-12-18)25(30)20-9-5-2-6-10-20/h1-15,17,23,29H,16H2,(H,26,27,28)/t23-/m1/s1. The normalized spacial score (nSPS) is 11.6. The van der Waals surface area contributed by atoms with Crippen LogP contribution in [0.15, 0.2) is 97.3 Å². The van der Waals surface area contributed by atoms with Crippen LogP contribution in [0.4, 0.5) is 5.82 Å². The summed E-state index contributed by atoms with van der Waals surface area (Å²) in [5, 5.41) is 13.5. The molecule has 30 heavy (non-hydrogen) atoms. The average Bonchev–Trinajstić information content (AvgIpc) is 2.83. The summed E-state index contributed by atoms with van der Waals surface area (Å²) in [7, 11) is 0. The molecule has 0 spiro atoms. The fraction of sp³-hybridized carbons (Fsp3) is 0.0800. The Morgan fingerprint density at radius 3 is 2.17 bits per heavy atom. The first-order valence-electron chi connectivity index (χ1n) is 9.70. The van der Waals surface area contributed by atoms with Crippen molar-refractivity contribution in [1.82, 2.24) is 9.97 Å². The summed E-state index contributed by atoms with van der Waals surface area (Å²) in [5.41, 5.74) is 3.76. The van der Waals surface area contributed by atoms with Crippen LogP contribution in [0.3, 0.4) is 0 Å². The van der Waals surface area contributed by atoms with E-state index in [4.69, 9.17) is 0 Å². The monoisotopic (exact) mass is 395 g/mol. The fourth-order valence-electron chi connectivity index (χ4n) is 3.15. The van der Waals surface area contributed by atoms with Gasteiger partial charge >= 0.3 is 0 Å². The highest BCUT2D eigenvalue weighted by Gasteiger charge is 2.10. The van der Waals surface area contributed by atoms with E-state index in [0.717, 1.165) is 16.8 Å². The van der Waals surface area contributed by atoms with Crippen LogP contribution in [0.25, 0.3) is 11.3 Å². The summed E-state index contributed by atoms with van der Waals surface area (Å²) in [6.07, 6.45) is 0.850. The van der Waals surface area contributed by atoms with Gasteiger partial charge in [0, 0.05) is 29.3 Å². The molecule has 0 saturated heterocycles. The van der Waals surface area contributed by atoms with Gasteiger partial charge in [-0.1, -0.05) is 84.9 Å². The predicted molar refractivity (Wildman–Crippen MR) is 117 cm³/mol. The first-order chi connectivity index (χ1) is 14.7. The Labute approximate surface area is 175 Å². The van der Waals surface area contributed by atoms with Gasteiger partial charge in [-0.05, 0) is 5.56 Å². The van der Waals surface area contributed by atoms with Crippen LogP contribution >= 0.6 is 0 Å². The lowest BCUT2D eigenvalue weighted by atomic mass is 10.0. The Morgan fingerprint density at radius 2 is 1.47 bits per heavy atom. The molecule has 2 N–H and O–H groups in total. The van der Waals surface area contributed by atoms with Gasteiger partial charge in [0.2, 0.25) is 0 Å². The minimum absolute atomic E-state index is 0.0120. The molecule has 0 bridgehead atoms. The third kappa shape index (κ3) is 4.59. The van der Waals surface area contributed by atoms with Crippen LogP contribution in [-0.4, -0.2) is 27.4 Å². The number of benzene rings is 3. The maximum atomic E-state index is 12.6. The maximum absolute atomic E-state index is 12.6. The van der Waals surface area contributed by atoms with E-state index >= 15 is 0 Å². The molecule has 0 amide bonds. The summed E-state index contributed by atoms with van der Waals surface area (Å²) >= 11 is 0. The smallest absolute Gasteiger partial charge is 0.193 e. The third-order valence-electron chi connectivity index (χ3n) is 4.81. The van der Waals surface area contributed by atoms with E-state index < -0.39 is 6.10 Å². The lowest BCUT2D eigenvalue weighted by molar-refractivity contribution is 0.103. The largest absolute Gasteiger partial charge is 0.387 e. The highest BCUT2D eigenvalue weighted by molar-refractivity contribution is 6.09. The second-order valence-corrected chi connectivity index (χ2v) is 6.87. The van der Waals surface area contributed by atoms with Crippen LogP contribution in [0.5, 0.6) is 0 Å². The summed E-state index contributed by atoms with van der Waals surface area (Å²) in [4.78, 5) is 21.1. The lowest BCUT2D eigenvalue weighted by Gasteiger charge is -2.13. The Balaban J connectivity index is 1.45. The molecule has 0 aliphatic carbocycles. The van der Waals surface area contributed by atoms with Crippen molar-refractivity contribution < 1.29 is 9.90 Å². The Bertz CT molecular complexity index is 1110. The maximum Gasteiger partial charge on any atom is 0.193 e. The van der Waals surface area contributed by atoms with Crippen molar-refractivity contribution >= 4 is 11.6 Å². The number of anilines is 1. The van der Waals surface area contributed by atoms with E-state index in [0.29, 0.717) is 23.5 Å². The fourth-order valence-corrected chi connectivity index (χ4v) is 3.15. The third-order valence-corrected chi connectivity index (χ3v) is 4.81. The second kappa shape index (κ2) is 9.11. The minimum Gasteiger partial charge on any atom is -0.387 e. The highest BCUT2D eigenvalue weighted by Crippen LogP contribution is 2.21. The summed E-state index contributed by atoms with van der Waals surface area (Å²) < 4.78 is 0. The predicted octanol–water partition coefficient (Wildman–Crippen LogP) is 4.52. The zero-order chi connectivity index (χ0) is 20.8. The number of carbonyl (C=O) groups is 1. The molecule has 1 heterocycles. The van der Waals surface area contributed by atoms with E-state index in [1.165, 1.54) is 6.33 Å². The molecular weight excluding hydrogens is 374 g/mol. The molecule has 1 atom stereocenters. The van der Waals surface area contributed by atoms with Crippen molar-refractivity contribution in [3.63, 3.8) is 0 Å². The zero-order valence-corrected chi connectivity index (χ0v) is 16.3. The molecule has 0 radical (unpaired) electrons. The van der Waals surface area contributed by atoms with Gasteiger partial charge in [-0.3, -0.25) is 4.79 Å². The van der Waals surface area contributed by atoms with Crippen LogP contribution in [0, 0.1) is 0 Å². The first-order valence-corrected chi connectivity index (χ1v) is 9.70. The van der Waals surface area contributed by atoms with Crippen molar-refractivity contribution in [2.45, 2.75) is 6.10 Å². The van der Waals surface area contributed by atoms with Crippen LogP contribution in [0.2, 0.25) is 0 Å². The van der Waals surface area contributed by atoms with Gasteiger partial charge in [0.25, 0.3) is 0 Å². The minimum atomic E-state index is -0.632. The molecule has 5 nitrogen and oxygen atoms in total. The van der Waals surface area contributed by atoms with Crippen LogP contribution < -0.4 is 5.32 Å². The number of aliphatic hydroxyl groups is 1. The Kier molecular flexibility index (Phi) is 5.92. The number of hydrogen-bond donors (Lipinski definition) is 2. The molecule has 4 rings (SSSR count). The van der Waals surface area contributed by atoms with E-state index in [2.05, 4.69) is 15.3 Å². The van der Waals surface area contributed by atoms with Gasteiger partial charge in [0.05, 0.1) is 11.8 Å². The molecule has 5 heteroatoms. The van der Waals surface area contributed by atoms with Gasteiger partial charge in [-0.25, -0.2) is 9.97 Å². The van der Waals surface area contributed by atoms with Crippen LogP contribution in [0.1, 0.15) is 27.6 Å². The van der Waals surface area contributed by atoms with Crippen LogP contribution in [-0.2, 0) is 0 Å². The number of aromatic nitrogens is 2. The molecule has 0 unspecified atom stereocenters. The molecule has 148 valence electrons. The van der Waals surface area contributed by atoms with Gasteiger partial charge in [0.1, 0.15) is 12.1 Å². The number of hydrogen-bond acceptors (Lipinski definition) is 5. The zero-order valence-electron chi connectivity index (χ0n) is 16.3. The molecular formula is C25H21N3O2. The molecule has 4 aromatic rings. The molecule has 0 aliphatic rings. The lowest BCUT2D eigenvalue weighted by Crippen LogP contribution is -2.13. The van der Waals surface area contributed by atoms with E-state index in [1.807, 2.05) is 78.9 Å². The first kappa shape index (κ1) is 19.5. The van der Waals surface area contributed by atoms with E-state index in [-0.39, 0.29) is 5.78 Å². The Hall–Kier alpha value is -3.83. The number of carbonyl (C=O) groups excluding carboxylic acids is 1.